The molecule has 0 aromatic carbocycles. The van der Waals surface area contributed by atoms with E-state index in [1.165, 1.54) is 4.90 Å². The van der Waals surface area contributed by atoms with E-state index in [-0.39, 0.29) is 23.9 Å². The quantitative estimate of drug-likeness (QED) is 0.695. The van der Waals surface area contributed by atoms with Gasteiger partial charge in [-0.25, -0.2) is 4.79 Å². The maximum absolute atomic E-state index is 11.6. The second kappa shape index (κ2) is 3.77. The van der Waals surface area contributed by atoms with Crippen LogP contribution in [0.2, 0.25) is 0 Å². The maximum Gasteiger partial charge on any atom is 0.324 e. The predicted molar refractivity (Wildman–Crippen MR) is 49.2 cm³/mol. The summed E-state index contributed by atoms with van der Waals surface area (Å²) < 4.78 is 0. The number of nitrogens with zero attached hydrogens (tertiary/aromatic N) is 1. The molecule has 4 nitrogen and oxygen atoms in total. The summed E-state index contributed by atoms with van der Waals surface area (Å²) in [6, 6.07) is -0.300. The van der Waals surface area contributed by atoms with Gasteiger partial charge in [0, 0.05) is 12.6 Å². The Kier molecular flexibility index (Phi) is 2.90. The molecule has 13 heavy (non-hydrogen) atoms. The molecule has 1 rings (SSSR count). The number of carbonyl (C=O) groups excluding carboxylic acids is 2. The van der Waals surface area contributed by atoms with Gasteiger partial charge in [0.25, 0.3) is 0 Å². The predicted octanol–water partition coefficient (Wildman–Crippen LogP) is 0.973. The number of amides is 3. The molecule has 1 N–H and O–H groups in total. The number of nitrogens with one attached hydrogen (secondary N) is 1. The molecular weight excluding hydrogens is 168 g/mol. The third-order valence-electron chi connectivity index (χ3n) is 2.45. The van der Waals surface area contributed by atoms with E-state index in [0.717, 1.165) is 6.42 Å². The monoisotopic (exact) mass is 184 g/mol. The van der Waals surface area contributed by atoms with E-state index in [0.29, 0.717) is 6.54 Å². The molecule has 2 atom stereocenters. The summed E-state index contributed by atoms with van der Waals surface area (Å²) >= 11 is 0. The topological polar surface area (TPSA) is 49.4 Å². The molecule has 1 fully saturated rings. The third kappa shape index (κ3) is 1.82. The Morgan fingerprint density at radius 1 is 1.38 bits per heavy atom. The lowest BCUT2D eigenvalue weighted by Crippen LogP contribution is -2.58. The summed E-state index contributed by atoms with van der Waals surface area (Å²) in [5.41, 5.74) is 0. The number of hydrogen-bond acceptors (Lipinski definition) is 2. The van der Waals surface area contributed by atoms with Crippen LogP contribution in [0.3, 0.4) is 0 Å². The van der Waals surface area contributed by atoms with Gasteiger partial charge in [-0.2, -0.15) is 0 Å². The van der Waals surface area contributed by atoms with Crippen molar-refractivity contribution in [2.45, 2.75) is 33.2 Å². The fourth-order valence-electron chi connectivity index (χ4n) is 1.39. The minimum absolute atomic E-state index is 0.0480. The molecule has 0 aliphatic carbocycles. The van der Waals surface area contributed by atoms with E-state index < -0.39 is 0 Å². The lowest BCUT2D eigenvalue weighted by Gasteiger charge is -2.33. The van der Waals surface area contributed by atoms with Crippen LogP contribution in [0, 0.1) is 5.92 Å². The fourth-order valence-corrected chi connectivity index (χ4v) is 1.39. The average Bonchev–Trinajstić information content (AvgIpc) is 2.09. The number of urea groups is 1. The van der Waals surface area contributed by atoms with Gasteiger partial charge in [-0.05, 0) is 13.3 Å². The second-order valence-corrected chi connectivity index (χ2v) is 3.52. The average molecular weight is 184 g/mol. The van der Waals surface area contributed by atoms with Crippen LogP contribution in [0.25, 0.3) is 0 Å². The standard InChI is InChI=1S/C9H16N2O2/c1-4-5-11-8(12)6(2)7(3)10-9(11)13/h6-7H,4-5H2,1-3H3,(H,10,13). The zero-order valence-corrected chi connectivity index (χ0v) is 8.33. The molecule has 0 aromatic rings. The molecule has 1 aliphatic rings. The molecule has 1 heterocycles. The maximum atomic E-state index is 11.6. The molecule has 1 aliphatic heterocycles. The molecule has 0 saturated carbocycles. The van der Waals surface area contributed by atoms with Crippen molar-refractivity contribution in [3.63, 3.8) is 0 Å². The Morgan fingerprint density at radius 3 is 2.54 bits per heavy atom. The van der Waals surface area contributed by atoms with Crippen LogP contribution in [-0.2, 0) is 4.79 Å². The third-order valence-corrected chi connectivity index (χ3v) is 2.45. The van der Waals surface area contributed by atoms with Crippen LogP contribution < -0.4 is 5.32 Å². The highest BCUT2D eigenvalue weighted by molar-refractivity contribution is 5.98. The summed E-state index contributed by atoms with van der Waals surface area (Å²) in [5, 5.41) is 2.76. The lowest BCUT2D eigenvalue weighted by atomic mass is 10.00. The molecular formula is C9H16N2O2. The summed E-state index contributed by atoms with van der Waals surface area (Å²) in [6.45, 7) is 6.16. The molecule has 0 spiro atoms. The zero-order valence-electron chi connectivity index (χ0n) is 8.33. The van der Waals surface area contributed by atoms with Gasteiger partial charge in [-0.1, -0.05) is 13.8 Å². The lowest BCUT2D eigenvalue weighted by molar-refractivity contribution is -0.134. The van der Waals surface area contributed by atoms with Gasteiger partial charge in [0.1, 0.15) is 0 Å². The van der Waals surface area contributed by atoms with Gasteiger partial charge < -0.3 is 5.32 Å². The molecule has 3 amide bonds. The van der Waals surface area contributed by atoms with Crippen LogP contribution in [0.5, 0.6) is 0 Å². The van der Waals surface area contributed by atoms with Crippen molar-refractivity contribution >= 4 is 11.9 Å². The Labute approximate surface area is 78.3 Å². The summed E-state index contributed by atoms with van der Waals surface area (Å²) in [6.07, 6.45) is 0.806. The van der Waals surface area contributed by atoms with Crippen LogP contribution in [0.15, 0.2) is 0 Å². The van der Waals surface area contributed by atoms with Gasteiger partial charge in [-0.15, -0.1) is 0 Å². The molecule has 0 aromatic heterocycles. The van der Waals surface area contributed by atoms with Crippen molar-refractivity contribution in [1.29, 1.82) is 0 Å². The van der Waals surface area contributed by atoms with Gasteiger partial charge in [0.15, 0.2) is 0 Å². The van der Waals surface area contributed by atoms with Crippen LogP contribution >= 0.6 is 0 Å². The van der Waals surface area contributed by atoms with Crippen molar-refractivity contribution in [2.24, 2.45) is 5.92 Å². The Hall–Kier alpha value is -1.06. The number of carbonyl (C=O) groups is 2. The van der Waals surface area contributed by atoms with Crippen molar-refractivity contribution in [2.75, 3.05) is 6.54 Å². The first-order chi connectivity index (χ1) is 6.07. The number of imide groups is 1. The molecule has 2 unspecified atom stereocenters. The SMILES string of the molecule is CCCN1C(=O)NC(C)C(C)C1=O. The number of hydrogen-bond donors (Lipinski definition) is 1. The summed E-state index contributed by atoms with van der Waals surface area (Å²) in [7, 11) is 0. The zero-order chi connectivity index (χ0) is 10.0. The van der Waals surface area contributed by atoms with Crippen LogP contribution in [0.1, 0.15) is 27.2 Å². The van der Waals surface area contributed by atoms with E-state index in [1.807, 2.05) is 20.8 Å². The highest BCUT2D eigenvalue weighted by Gasteiger charge is 2.35. The Bertz CT molecular complexity index is 228. The van der Waals surface area contributed by atoms with Crippen molar-refractivity contribution in [3.05, 3.63) is 0 Å². The van der Waals surface area contributed by atoms with Crippen LogP contribution in [0.4, 0.5) is 4.79 Å². The highest BCUT2D eigenvalue weighted by atomic mass is 16.2. The minimum Gasteiger partial charge on any atom is -0.334 e. The fraction of sp³-hybridized carbons (Fsp3) is 0.778. The van der Waals surface area contributed by atoms with Gasteiger partial charge in [-0.3, -0.25) is 9.69 Å². The van der Waals surface area contributed by atoms with E-state index in [1.54, 1.807) is 0 Å². The van der Waals surface area contributed by atoms with Gasteiger partial charge in [0.2, 0.25) is 5.91 Å². The largest absolute Gasteiger partial charge is 0.334 e. The van der Waals surface area contributed by atoms with Crippen molar-refractivity contribution < 1.29 is 9.59 Å². The highest BCUT2D eigenvalue weighted by Crippen LogP contribution is 2.14. The Morgan fingerprint density at radius 2 is 2.00 bits per heavy atom. The molecule has 4 heteroatoms. The summed E-state index contributed by atoms with van der Waals surface area (Å²) in [5.74, 6) is -0.164. The van der Waals surface area contributed by atoms with E-state index in [4.69, 9.17) is 0 Å². The first-order valence-electron chi connectivity index (χ1n) is 4.69. The van der Waals surface area contributed by atoms with Crippen molar-refractivity contribution in [1.82, 2.24) is 10.2 Å². The minimum atomic E-state index is -0.252. The first-order valence-corrected chi connectivity index (χ1v) is 4.69. The van der Waals surface area contributed by atoms with E-state index in [2.05, 4.69) is 5.32 Å². The molecule has 74 valence electrons. The molecule has 0 radical (unpaired) electrons. The normalized spacial score (nSPS) is 29.0. The van der Waals surface area contributed by atoms with Gasteiger partial charge >= 0.3 is 6.03 Å². The second-order valence-electron chi connectivity index (χ2n) is 3.52. The Balaban J connectivity index is 2.73. The molecule has 0 bridgehead atoms. The smallest absolute Gasteiger partial charge is 0.324 e. The van der Waals surface area contributed by atoms with E-state index >= 15 is 0 Å². The molecule has 1 saturated heterocycles. The summed E-state index contributed by atoms with van der Waals surface area (Å²) in [4.78, 5) is 24.2. The van der Waals surface area contributed by atoms with Crippen molar-refractivity contribution in [3.8, 4) is 0 Å². The first kappa shape index (κ1) is 10.0. The number of rotatable bonds is 2. The van der Waals surface area contributed by atoms with Gasteiger partial charge in [0.05, 0.1) is 5.92 Å². The van der Waals surface area contributed by atoms with E-state index in [9.17, 15) is 9.59 Å². The van der Waals surface area contributed by atoms with Crippen LogP contribution in [-0.4, -0.2) is 29.4 Å².